The van der Waals surface area contributed by atoms with Crippen molar-refractivity contribution < 1.29 is 20.1 Å². The molecule has 1 fully saturated rings. The number of nitrogens with two attached hydrogens (primary N) is 1. The Hall–Kier alpha value is -1.10. The van der Waals surface area contributed by atoms with Crippen molar-refractivity contribution in [1.82, 2.24) is 0 Å². The lowest BCUT2D eigenvalue weighted by Crippen LogP contribution is -3.16. The third-order valence-electron chi connectivity index (χ3n) is 4.50. The number of aryl methyl sites for hydroxylation is 1. The molecule has 1 saturated heterocycles. The number of rotatable bonds is 8. The van der Waals surface area contributed by atoms with Gasteiger partial charge in [-0.25, -0.2) is 0 Å². The fourth-order valence-electron chi connectivity index (χ4n) is 3.20. The van der Waals surface area contributed by atoms with Gasteiger partial charge < -0.3 is 20.1 Å². The van der Waals surface area contributed by atoms with Crippen LogP contribution in [0.25, 0.3) is 0 Å². The maximum absolute atomic E-state index is 10.0. The first-order chi connectivity index (χ1) is 10.2. The van der Waals surface area contributed by atoms with E-state index in [1.165, 1.54) is 25.9 Å². The second-order valence-electron chi connectivity index (χ2n) is 6.09. The highest BCUT2D eigenvalue weighted by molar-refractivity contribution is 5.31. The summed E-state index contributed by atoms with van der Waals surface area (Å²) in [4.78, 5) is 1.72. The van der Waals surface area contributed by atoms with Gasteiger partial charge in [0.15, 0.2) is 0 Å². The van der Waals surface area contributed by atoms with Crippen molar-refractivity contribution in [3.63, 3.8) is 0 Å². The molecule has 21 heavy (non-hydrogen) atoms. The van der Waals surface area contributed by atoms with Crippen LogP contribution in [0.4, 0.5) is 0 Å². The first-order valence-electron chi connectivity index (χ1n) is 8.23. The van der Waals surface area contributed by atoms with Crippen LogP contribution in [-0.4, -0.2) is 50.0 Å². The molecule has 1 aromatic rings. The average molecular weight is 294 g/mol. The Morgan fingerprint density at radius 2 is 2.24 bits per heavy atom. The molecule has 4 N–H and O–H groups in total. The van der Waals surface area contributed by atoms with Gasteiger partial charge in [0, 0.05) is 12.8 Å². The van der Waals surface area contributed by atoms with Gasteiger partial charge in [-0.3, -0.25) is 0 Å². The zero-order valence-corrected chi connectivity index (χ0v) is 13.3. The Bertz CT molecular complexity index is 425. The van der Waals surface area contributed by atoms with Gasteiger partial charge >= 0.3 is 0 Å². The van der Waals surface area contributed by atoms with Crippen molar-refractivity contribution >= 4 is 0 Å². The normalized spacial score (nSPS) is 23.2. The van der Waals surface area contributed by atoms with E-state index >= 15 is 0 Å². The van der Waals surface area contributed by atoms with E-state index in [-0.39, 0.29) is 0 Å². The molecule has 1 unspecified atom stereocenters. The zero-order valence-electron chi connectivity index (χ0n) is 13.3. The number of ether oxygens (including phenoxy) is 1. The van der Waals surface area contributed by atoms with Crippen molar-refractivity contribution in [3.8, 4) is 5.75 Å². The first-order valence-corrected chi connectivity index (χ1v) is 8.23. The zero-order chi connectivity index (χ0) is 15.1. The molecular formula is C17H30N2O2+2. The highest BCUT2D eigenvalue weighted by Gasteiger charge is 2.28. The molecule has 3 atom stereocenters. The average Bonchev–Trinajstić information content (AvgIpc) is 2.94. The molecule has 1 aromatic carbocycles. The number of nitrogens with one attached hydrogen (secondary N) is 1. The van der Waals surface area contributed by atoms with Gasteiger partial charge in [0.1, 0.15) is 37.6 Å². The molecule has 0 bridgehead atoms. The summed E-state index contributed by atoms with van der Waals surface area (Å²) in [6.07, 6.45) is 2.27. The summed E-state index contributed by atoms with van der Waals surface area (Å²) >= 11 is 0. The smallest absolute Gasteiger partial charge is 0.137 e. The van der Waals surface area contributed by atoms with Gasteiger partial charge in [0.25, 0.3) is 0 Å². The van der Waals surface area contributed by atoms with Crippen LogP contribution < -0.4 is 15.0 Å². The van der Waals surface area contributed by atoms with E-state index in [1.807, 2.05) is 31.2 Å². The number of hydrogen-bond donors (Lipinski definition) is 3. The maximum atomic E-state index is 10.0. The lowest BCUT2D eigenvalue weighted by molar-refractivity contribution is -0.924. The second-order valence-corrected chi connectivity index (χ2v) is 6.09. The summed E-state index contributed by atoms with van der Waals surface area (Å²) in [5.41, 5.74) is 1.11. The number of likely N-dealkylation sites (tertiary alicyclic amines) is 1. The fraction of sp³-hybridized carbons (Fsp3) is 0.647. The monoisotopic (exact) mass is 294 g/mol. The largest absolute Gasteiger partial charge is 0.490 e. The van der Waals surface area contributed by atoms with Crippen molar-refractivity contribution in [3.05, 3.63) is 29.8 Å². The topological polar surface area (TPSA) is 50.5 Å². The van der Waals surface area contributed by atoms with Crippen molar-refractivity contribution in [2.24, 2.45) is 0 Å². The minimum atomic E-state index is -0.406. The third-order valence-corrected chi connectivity index (χ3v) is 4.50. The van der Waals surface area contributed by atoms with E-state index in [1.54, 1.807) is 4.90 Å². The van der Waals surface area contributed by atoms with Gasteiger partial charge in [-0.15, -0.1) is 0 Å². The molecule has 1 aliphatic rings. The maximum Gasteiger partial charge on any atom is 0.137 e. The molecule has 4 heteroatoms. The Balaban J connectivity index is 1.64. The number of quaternary nitrogens is 2. The predicted molar refractivity (Wildman–Crippen MR) is 83.7 cm³/mol. The van der Waals surface area contributed by atoms with Gasteiger partial charge in [-0.05, 0) is 25.5 Å². The molecule has 0 amide bonds. The van der Waals surface area contributed by atoms with Crippen LogP contribution in [0.15, 0.2) is 24.3 Å². The first kappa shape index (κ1) is 16.3. The standard InChI is InChI=1S/C17H28N2O2/c1-3-19-10-6-8-15(19)11-18-12-16(20)13-21-17-9-5-4-7-14(17)2/h4-5,7,9,15-16,18,20H,3,6,8,10-13H2,1-2H3/p+2/t15-,16+/m1/s1. The minimum absolute atomic E-state index is 0.371. The molecule has 0 saturated carbocycles. The number of likely N-dealkylation sites (N-methyl/N-ethyl adjacent to an activating group) is 1. The molecule has 0 spiro atoms. The quantitative estimate of drug-likeness (QED) is 0.598. The molecule has 4 nitrogen and oxygen atoms in total. The summed E-state index contributed by atoms with van der Waals surface area (Å²) < 4.78 is 5.69. The van der Waals surface area contributed by atoms with E-state index in [9.17, 15) is 5.11 Å². The lowest BCUT2D eigenvalue weighted by atomic mass is 10.2. The summed E-state index contributed by atoms with van der Waals surface area (Å²) in [6, 6.07) is 8.70. The van der Waals surface area contributed by atoms with Gasteiger partial charge in [0.05, 0.1) is 13.1 Å². The van der Waals surface area contributed by atoms with Gasteiger partial charge in [-0.2, -0.15) is 0 Å². The Morgan fingerprint density at radius 3 is 3.00 bits per heavy atom. The molecule has 0 radical (unpaired) electrons. The Kier molecular flexibility index (Phi) is 6.49. The number of hydrogen-bond acceptors (Lipinski definition) is 2. The van der Waals surface area contributed by atoms with Crippen molar-refractivity contribution in [2.45, 2.75) is 38.8 Å². The molecule has 0 aliphatic carbocycles. The summed E-state index contributed by atoms with van der Waals surface area (Å²) in [7, 11) is 0. The lowest BCUT2D eigenvalue weighted by Gasteiger charge is -2.19. The van der Waals surface area contributed by atoms with Crippen LogP contribution >= 0.6 is 0 Å². The van der Waals surface area contributed by atoms with Gasteiger partial charge in [0.2, 0.25) is 0 Å². The molecule has 1 aliphatic heterocycles. The van der Waals surface area contributed by atoms with E-state index < -0.39 is 6.10 Å². The highest BCUT2D eigenvalue weighted by Crippen LogP contribution is 2.15. The number of para-hydroxylation sites is 1. The number of aliphatic hydroxyl groups is 1. The number of benzene rings is 1. The van der Waals surface area contributed by atoms with Crippen LogP contribution in [-0.2, 0) is 0 Å². The minimum Gasteiger partial charge on any atom is -0.490 e. The van der Waals surface area contributed by atoms with E-state index in [0.29, 0.717) is 6.61 Å². The molecule has 1 heterocycles. The van der Waals surface area contributed by atoms with Crippen LogP contribution in [0, 0.1) is 6.92 Å². The van der Waals surface area contributed by atoms with Crippen molar-refractivity contribution in [1.29, 1.82) is 0 Å². The molecular weight excluding hydrogens is 264 g/mol. The SMILES string of the molecule is CC[NH+]1CCC[C@@H]1C[NH2+]C[C@H](O)COc1ccccc1C. The van der Waals surface area contributed by atoms with Crippen LogP contribution in [0.1, 0.15) is 25.3 Å². The van der Waals surface area contributed by atoms with Crippen LogP contribution in [0.5, 0.6) is 5.75 Å². The predicted octanol–water partition coefficient (Wildman–Crippen LogP) is -0.635. The highest BCUT2D eigenvalue weighted by atomic mass is 16.5. The van der Waals surface area contributed by atoms with E-state index in [4.69, 9.17) is 4.74 Å². The van der Waals surface area contributed by atoms with Crippen molar-refractivity contribution in [2.75, 3.05) is 32.8 Å². The summed E-state index contributed by atoms with van der Waals surface area (Å²) in [6.45, 7) is 9.03. The Labute approximate surface area is 128 Å². The molecule has 2 rings (SSSR count). The summed E-state index contributed by atoms with van der Waals surface area (Å²) in [5, 5.41) is 12.3. The molecule has 0 aromatic heterocycles. The van der Waals surface area contributed by atoms with Crippen LogP contribution in [0.2, 0.25) is 0 Å². The fourth-order valence-corrected chi connectivity index (χ4v) is 3.20. The van der Waals surface area contributed by atoms with Crippen LogP contribution in [0.3, 0.4) is 0 Å². The molecule has 118 valence electrons. The summed E-state index contributed by atoms with van der Waals surface area (Å²) in [5.74, 6) is 0.869. The third kappa shape index (κ3) is 4.99. The second kappa shape index (κ2) is 8.37. The van der Waals surface area contributed by atoms with Gasteiger partial charge in [-0.1, -0.05) is 18.2 Å². The van der Waals surface area contributed by atoms with E-state index in [0.717, 1.165) is 30.4 Å². The number of aliphatic hydroxyl groups excluding tert-OH is 1. The Morgan fingerprint density at radius 1 is 1.43 bits per heavy atom. The van der Waals surface area contributed by atoms with E-state index in [2.05, 4.69) is 12.2 Å².